The Bertz CT molecular complexity index is 390. The van der Waals surface area contributed by atoms with E-state index in [1.54, 1.807) is 0 Å². The Hall–Kier alpha value is -0.180. The van der Waals surface area contributed by atoms with E-state index in [1.165, 1.54) is 42.6 Å². The maximum absolute atomic E-state index is 3.92. The van der Waals surface area contributed by atoms with E-state index in [9.17, 15) is 0 Å². The molecule has 0 spiro atoms. The van der Waals surface area contributed by atoms with Gasteiger partial charge in [0.1, 0.15) is 0 Å². The van der Waals surface area contributed by atoms with Crippen molar-refractivity contribution in [2.45, 2.75) is 68.7 Å². The third kappa shape index (κ3) is 3.48. The van der Waals surface area contributed by atoms with Crippen LogP contribution in [0.1, 0.15) is 58.4 Å². The number of rotatable bonds is 5. The molecule has 1 heterocycles. The maximum Gasteiger partial charge on any atom is 0.0586 e. The SMILES string of the molecule is CCCCC1NC(CC)(CC)c2ccccc2S1.Cl. The van der Waals surface area contributed by atoms with Crippen LogP contribution in [-0.2, 0) is 5.54 Å². The fraction of sp³-hybridized carbons (Fsp3) is 0.625. The molecular formula is C16H26ClNS. The number of hydrogen-bond acceptors (Lipinski definition) is 2. The van der Waals surface area contributed by atoms with E-state index in [1.807, 2.05) is 11.8 Å². The third-order valence-corrected chi connectivity index (χ3v) is 5.38. The summed E-state index contributed by atoms with van der Waals surface area (Å²) < 4.78 is 0. The van der Waals surface area contributed by atoms with Gasteiger partial charge in [0.2, 0.25) is 0 Å². The van der Waals surface area contributed by atoms with Crippen molar-refractivity contribution in [1.82, 2.24) is 5.32 Å². The van der Waals surface area contributed by atoms with Crippen LogP contribution >= 0.6 is 24.2 Å². The quantitative estimate of drug-likeness (QED) is 0.788. The Kier molecular flexibility index (Phi) is 6.72. The van der Waals surface area contributed by atoms with E-state index in [-0.39, 0.29) is 17.9 Å². The van der Waals surface area contributed by atoms with Crippen LogP contribution in [0.15, 0.2) is 29.2 Å². The van der Waals surface area contributed by atoms with Gasteiger partial charge in [0, 0.05) is 10.4 Å². The average Bonchev–Trinajstić information content (AvgIpc) is 2.44. The van der Waals surface area contributed by atoms with Crippen LogP contribution in [0, 0.1) is 0 Å². The molecule has 108 valence electrons. The molecule has 0 fully saturated rings. The van der Waals surface area contributed by atoms with Crippen LogP contribution in [-0.4, -0.2) is 5.37 Å². The first kappa shape index (κ1) is 16.9. The van der Waals surface area contributed by atoms with Crippen LogP contribution in [0.3, 0.4) is 0 Å². The monoisotopic (exact) mass is 299 g/mol. The molecule has 0 radical (unpaired) electrons. The van der Waals surface area contributed by atoms with Crippen molar-refractivity contribution in [3.63, 3.8) is 0 Å². The molecule has 1 nitrogen and oxygen atoms in total. The summed E-state index contributed by atoms with van der Waals surface area (Å²) >= 11 is 2.02. The number of fused-ring (bicyclic) bond motifs is 1. The predicted molar refractivity (Wildman–Crippen MR) is 88.3 cm³/mol. The molecular weight excluding hydrogens is 274 g/mol. The van der Waals surface area contributed by atoms with Crippen molar-refractivity contribution in [3.8, 4) is 0 Å². The van der Waals surface area contributed by atoms with Gasteiger partial charge in [-0.05, 0) is 30.9 Å². The van der Waals surface area contributed by atoms with Gasteiger partial charge in [-0.15, -0.1) is 24.2 Å². The van der Waals surface area contributed by atoms with Gasteiger partial charge in [0.15, 0.2) is 0 Å². The van der Waals surface area contributed by atoms with E-state index < -0.39 is 0 Å². The van der Waals surface area contributed by atoms with Gasteiger partial charge in [-0.1, -0.05) is 51.8 Å². The largest absolute Gasteiger partial charge is 0.295 e. The smallest absolute Gasteiger partial charge is 0.0586 e. The van der Waals surface area contributed by atoms with E-state index in [4.69, 9.17) is 0 Å². The molecule has 3 heteroatoms. The fourth-order valence-electron chi connectivity index (χ4n) is 2.89. The first-order chi connectivity index (χ1) is 8.75. The molecule has 1 aliphatic heterocycles. The summed E-state index contributed by atoms with van der Waals surface area (Å²) in [4.78, 5) is 1.49. The molecule has 0 bridgehead atoms. The highest BCUT2D eigenvalue weighted by molar-refractivity contribution is 8.00. The number of thioether (sulfide) groups is 1. The summed E-state index contributed by atoms with van der Waals surface area (Å²) in [6.45, 7) is 6.88. The van der Waals surface area contributed by atoms with Crippen LogP contribution in [0.4, 0.5) is 0 Å². The lowest BCUT2D eigenvalue weighted by Gasteiger charge is -2.43. The molecule has 0 saturated carbocycles. The number of nitrogens with one attached hydrogen (secondary N) is 1. The highest BCUT2D eigenvalue weighted by atomic mass is 35.5. The third-order valence-electron chi connectivity index (χ3n) is 4.14. The van der Waals surface area contributed by atoms with E-state index in [0.29, 0.717) is 5.37 Å². The summed E-state index contributed by atoms with van der Waals surface area (Å²) in [6, 6.07) is 8.94. The number of benzene rings is 1. The second-order valence-corrected chi connectivity index (χ2v) is 6.42. The van der Waals surface area contributed by atoms with Gasteiger partial charge in [-0.2, -0.15) is 0 Å². The van der Waals surface area contributed by atoms with Gasteiger partial charge in [-0.25, -0.2) is 0 Å². The molecule has 0 saturated heterocycles. The minimum atomic E-state index is 0. The molecule has 1 aromatic rings. The molecule has 0 amide bonds. The van der Waals surface area contributed by atoms with E-state index in [2.05, 4.69) is 50.4 Å². The van der Waals surface area contributed by atoms with Gasteiger partial charge in [0.05, 0.1) is 5.37 Å². The topological polar surface area (TPSA) is 12.0 Å². The summed E-state index contributed by atoms with van der Waals surface area (Å²) in [6.07, 6.45) is 6.21. The van der Waals surface area contributed by atoms with Gasteiger partial charge in [0.25, 0.3) is 0 Å². The zero-order valence-corrected chi connectivity index (χ0v) is 13.9. The summed E-state index contributed by atoms with van der Waals surface area (Å²) in [5.41, 5.74) is 1.70. The van der Waals surface area contributed by atoms with Crippen LogP contribution < -0.4 is 5.32 Å². The molecule has 1 unspecified atom stereocenters. The Morgan fingerprint density at radius 1 is 1.16 bits per heavy atom. The predicted octanol–water partition coefficient (Wildman–Crippen LogP) is 5.34. The van der Waals surface area contributed by atoms with Crippen LogP contribution in [0.25, 0.3) is 0 Å². The zero-order chi connectivity index (χ0) is 13.0. The molecule has 19 heavy (non-hydrogen) atoms. The molecule has 0 aliphatic carbocycles. The molecule has 0 aromatic heterocycles. The lowest BCUT2D eigenvalue weighted by Crippen LogP contribution is -2.49. The van der Waals surface area contributed by atoms with Crippen molar-refractivity contribution in [2.24, 2.45) is 0 Å². The first-order valence-electron chi connectivity index (χ1n) is 7.29. The fourth-order valence-corrected chi connectivity index (χ4v) is 4.31. The van der Waals surface area contributed by atoms with Crippen molar-refractivity contribution in [2.75, 3.05) is 0 Å². The second-order valence-electron chi connectivity index (χ2n) is 5.18. The van der Waals surface area contributed by atoms with Gasteiger partial charge in [-0.3, -0.25) is 5.32 Å². The van der Waals surface area contributed by atoms with Crippen LogP contribution in [0.2, 0.25) is 0 Å². The van der Waals surface area contributed by atoms with E-state index >= 15 is 0 Å². The Balaban J connectivity index is 0.00000180. The lowest BCUT2D eigenvalue weighted by molar-refractivity contribution is 0.283. The lowest BCUT2D eigenvalue weighted by atomic mass is 9.84. The van der Waals surface area contributed by atoms with Crippen LogP contribution in [0.5, 0.6) is 0 Å². The van der Waals surface area contributed by atoms with Crippen molar-refractivity contribution >= 4 is 24.2 Å². The Labute approximate surface area is 128 Å². The minimum absolute atomic E-state index is 0. The molecule has 1 aliphatic rings. The number of halogens is 1. The van der Waals surface area contributed by atoms with E-state index in [0.717, 1.165) is 0 Å². The molecule has 1 N–H and O–H groups in total. The minimum Gasteiger partial charge on any atom is -0.295 e. The number of unbranched alkanes of at least 4 members (excludes halogenated alkanes) is 1. The normalized spacial score (nSPS) is 20.5. The summed E-state index contributed by atoms with van der Waals surface area (Å²) in [7, 11) is 0. The summed E-state index contributed by atoms with van der Waals surface area (Å²) in [5.74, 6) is 0. The van der Waals surface area contributed by atoms with Crippen molar-refractivity contribution < 1.29 is 0 Å². The highest BCUT2D eigenvalue weighted by Crippen LogP contribution is 2.43. The Morgan fingerprint density at radius 3 is 2.47 bits per heavy atom. The zero-order valence-electron chi connectivity index (χ0n) is 12.2. The Morgan fingerprint density at radius 2 is 1.84 bits per heavy atom. The summed E-state index contributed by atoms with van der Waals surface area (Å²) in [5, 5.41) is 4.50. The first-order valence-corrected chi connectivity index (χ1v) is 8.17. The standard InChI is InChI=1S/C16H25NS.ClH/c1-4-7-12-15-17-16(5-2,6-3)13-10-8-9-11-14(13)18-15;/h8-11,15,17H,4-7,12H2,1-3H3;1H. The average molecular weight is 300 g/mol. The highest BCUT2D eigenvalue weighted by Gasteiger charge is 2.36. The second kappa shape index (κ2) is 7.56. The molecule has 1 atom stereocenters. The maximum atomic E-state index is 3.92. The number of hydrogen-bond donors (Lipinski definition) is 1. The van der Waals surface area contributed by atoms with Crippen molar-refractivity contribution in [3.05, 3.63) is 29.8 Å². The van der Waals surface area contributed by atoms with Gasteiger partial charge < -0.3 is 0 Å². The van der Waals surface area contributed by atoms with Gasteiger partial charge >= 0.3 is 0 Å². The van der Waals surface area contributed by atoms with Crippen molar-refractivity contribution in [1.29, 1.82) is 0 Å². The molecule has 1 aromatic carbocycles. The molecule has 2 rings (SSSR count).